The van der Waals surface area contributed by atoms with E-state index in [2.05, 4.69) is 20.0 Å². The number of H-pyrrole nitrogens is 1. The van der Waals surface area contributed by atoms with Gasteiger partial charge in [0.05, 0.1) is 18.0 Å². The molecule has 1 rings (SSSR count). The first-order valence-electron chi connectivity index (χ1n) is 4.56. The van der Waals surface area contributed by atoms with Gasteiger partial charge < -0.3 is 15.2 Å². The van der Waals surface area contributed by atoms with Gasteiger partial charge in [0, 0.05) is 17.7 Å². The monoisotopic (exact) mass is 225 g/mol. The summed E-state index contributed by atoms with van der Waals surface area (Å²) in [7, 11) is 0. The number of aliphatic hydroxyl groups excluding tert-OH is 2. The molecule has 0 amide bonds. The summed E-state index contributed by atoms with van der Waals surface area (Å²) in [5.41, 5.74) is 7.50. The van der Waals surface area contributed by atoms with Gasteiger partial charge in [-0.05, 0) is 12.0 Å². The second-order valence-electron chi connectivity index (χ2n) is 3.09. The number of azide groups is 1. The Morgan fingerprint density at radius 2 is 2.38 bits per heavy atom. The SMILES string of the molecule is [N-]=[N+]=NCCC(O)C(O)c1cnc[nH]c1=O. The quantitative estimate of drug-likeness (QED) is 0.365. The van der Waals surface area contributed by atoms with Crippen molar-refractivity contribution < 1.29 is 10.2 Å². The molecule has 0 bridgehead atoms. The van der Waals surface area contributed by atoms with Crippen LogP contribution in [0.3, 0.4) is 0 Å². The average Bonchev–Trinajstić information content (AvgIpc) is 2.29. The van der Waals surface area contributed by atoms with E-state index < -0.39 is 17.8 Å². The third-order valence-corrected chi connectivity index (χ3v) is 2.02. The predicted molar refractivity (Wildman–Crippen MR) is 54.5 cm³/mol. The van der Waals surface area contributed by atoms with Gasteiger partial charge in [0.25, 0.3) is 5.56 Å². The van der Waals surface area contributed by atoms with Crippen LogP contribution in [0.25, 0.3) is 10.4 Å². The summed E-state index contributed by atoms with van der Waals surface area (Å²) in [6.07, 6.45) is -0.0766. The number of aliphatic hydroxyl groups is 2. The Morgan fingerprint density at radius 3 is 3.00 bits per heavy atom. The minimum atomic E-state index is -1.34. The Labute approximate surface area is 90.2 Å². The predicted octanol–water partition coefficient (Wildman–Crippen LogP) is -0.135. The van der Waals surface area contributed by atoms with E-state index >= 15 is 0 Å². The van der Waals surface area contributed by atoms with Crippen LogP contribution in [0.2, 0.25) is 0 Å². The Morgan fingerprint density at radius 1 is 1.62 bits per heavy atom. The molecule has 3 N–H and O–H groups in total. The molecule has 86 valence electrons. The summed E-state index contributed by atoms with van der Waals surface area (Å²) < 4.78 is 0. The normalized spacial score (nSPS) is 13.9. The Bertz CT molecular complexity index is 439. The first-order valence-corrected chi connectivity index (χ1v) is 4.56. The van der Waals surface area contributed by atoms with E-state index in [0.29, 0.717) is 0 Å². The molecule has 0 fully saturated rings. The number of nitrogens with zero attached hydrogens (tertiary/aromatic N) is 4. The fraction of sp³-hybridized carbons (Fsp3) is 0.500. The fourth-order valence-corrected chi connectivity index (χ4v) is 1.17. The van der Waals surface area contributed by atoms with Crippen molar-refractivity contribution in [2.24, 2.45) is 5.11 Å². The molecule has 0 saturated carbocycles. The van der Waals surface area contributed by atoms with Crippen LogP contribution in [0, 0.1) is 0 Å². The van der Waals surface area contributed by atoms with Crippen LogP contribution < -0.4 is 5.56 Å². The summed E-state index contributed by atoms with van der Waals surface area (Å²) >= 11 is 0. The topological polar surface area (TPSA) is 135 Å². The Kier molecular flexibility index (Phi) is 4.46. The highest BCUT2D eigenvalue weighted by Crippen LogP contribution is 2.14. The zero-order chi connectivity index (χ0) is 12.0. The van der Waals surface area contributed by atoms with Gasteiger partial charge in [-0.25, -0.2) is 4.98 Å². The molecule has 1 aromatic heterocycles. The van der Waals surface area contributed by atoms with Crippen LogP contribution in [0.15, 0.2) is 22.4 Å². The summed E-state index contributed by atoms with van der Waals surface area (Å²) in [5.74, 6) is 0. The molecule has 2 atom stereocenters. The summed E-state index contributed by atoms with van der Waals surface area (Å²) in [6.45, 7) is 0.0485. The van der Waals surface area contributed by atoms with Crippen molar-refractivity contribution >= 4 is 0 Å². The molecular formula is C8H11N5O3. The smallest absolute Gasteiger partial charge is 0.256 e. The first-order chi connectivity index (χ1) is 7.66. The van der Waals surface area contributed by atoms with Crippen LogP contribution in [0.4, 0.5) is 0 Å². The summed E-state index contributed by atoms with van der Waals surface area (Å²) in [6, 6.07) is 0. The molecule has 0 aliphatic heterocycles. The zero-order valence-corrected chi connectivity index (χ0v) is 8.32. The molecule has 16 heavy (non-hydrogen) atoms. The van der Waals surface area contributed by atoms with Crippen molar-refractivity contribution in [1.82, 2.24) is 9.97 Å². The zero-order valence-electron chi connectivity index (χ0n) is 8.32. The second kappa shape index (κ2) is 5.86. The van der Waals surface area contributed by atoms with Crippen LogP contribution >= 0.6 is 0 Å². The maximum Gasteiger partial charge on any atom is 0.256 e. The standard InChI is InChI=1S/C8H11N5O3/c9-13-12-2-1-6(14)7(15)5-3-10-4-11-8(5)16/h3-4,6-7,14-15H,1-2H2,(H,10,11,16). The lowest BCUT2D eigenvalue weighted by Crippen LogP contribution is -2.25. The minimum absolute atomic E-state index is 0.0177. The number of hydrogen-bond donors (Lipinski definition) is 3. The lowest BCUT2D eigenvalue weighted by Gasteiger charge is -2.15. The van der Waals surface area contributed by atoms with Crippen LogP contribution in [-0.4, -0.2) is 32.8 Å². The fourth-order valence-electron chi connectivity index (χ4n) is 1.17. The average molecular weight is 225 g/mol. The lowest BCUT2D eigenvalue weighted by molar-refractivity contribution is 0.0140. The third-order valence-electron chi connectivity index (χ3n) is 2.02. The highest BCUT2D eigenvalue weighted by atomic mass is 16.3. The van der Waals surface area contributed by atoms with E-state index in [9.17, 15) is 15.0 Å². The van der Waals surface area contributed by atoms with Gasteiger partial charge in [0.15, 0.2) is 0 Å². The van der Waals surface area contributed by atoms with Crippen molar-refractivity contribution in [3.8, 4) is 0 Å². The van der Waals surface area contributed by atoms with E-state index in [4.69, 9.17) is 5.53 Å². The molecule has 0 aliphatic carbocycles. The highest BCUT2D eigenvalue weighted by Gasteiger charge is 2.20. The summed E-state index contributed by atoms with van der Waals surface area (Å²) in [5, 5.41) is 22.4. The van der Waals surface area contributed by atoms with Gasteiger partial charge in [-0.3, -0.25) is 4.79 Å². The largest absolute Gasteiger partial charge is 0.390 e. The van der Waals surface area contributed by atoms with E-state index in [1.54, 1.807) is 0 Å². The molecule has 0 radical (unpaired) electrons. The number of hydrogen-bond acceptors (Lipinski definition) is 5. The summed E-state index contributed by atoms with van der Waals surface area (Å²) in [4.78, 5) is 19.7. The number of nitrogens with one attached hydrogen (secondary N) is 1. The van der Waals surface area contributed by atoms with Gasteiger partial charge in [-0.15, -0.1) is 0 Å². The number of aromatic amines is 1. The number of rotatable bonds is 5. The van der Waals surface area contributed by atoms with Gasteiger partial charge >= 0.3 is 0 Å². The molecule has 0 aliphatic rings. The van der Waals surface area contributed by atoms with Crippen LogP contribution in [0.1, 0.15) is 18.1 Å². The van der Waals surface area contributed by atoms with Gasteiger partial charge in [0.2, 0.25) is 0 Å². The van der Waals surface area contributed by atoms with E-state index in [1.165, 1.54) is 12.5 Å². The van der Waals surface area contributed by atoms with Gasteiger partial charge in [-0.2, -0.15) is 0 Å². The molecule has 0 aromatic carbocycles. The molecule has 1 aromatic rings. The lowest BCUT2D eigenvalue weighted by atomic mass is 10.1. The van der Waals surface area contributed by atoms with Crippen molar-refractivity contribution in [3.05, 3.63) is 38.9 Å². The molecule has 1 heterocycles. The van der Waals surface area contributed by atoms with E-state index in [0.717, 1.165) is 0 Å². The Balaban J connectivity index is 2.70. The molecule has 0 saturated heterocycles. The molecule has 0 spiro atoms. The van der Waals surface area contributed by atoms with E-state index in [1.807, 2.05) is 0 Å². The number of aromatic nitrogens is 2. The molecule has 2 unspecified atom stereocenters. The molecule has 8 heteroatoms. The minimum Gasteiger partial charge on any atom is -0.390 e. The van der Waals surface area contributed by atoms with Crippen LogP contribution in [-0.2, 0) is 0 Å². The van der Waals surface area contributed by atoms with E-state index in [-0.39, 0.29) is 18.5 Å². The highest BCUT2D eigenvalue weighted by molar-refractivity contribution is 5.08. The maximum absolute atomic E-state index is 11.2. The Hall–Kier alpha value is -1.89. The van der Waals surface area contributed by atoms with Gasteiger partial charge in [-0.1, -0.05) is 5.11 Å². The second-order valence-corrected chi connectivity index (χ2v) is 3.09. The van der Waals surface area contributed by atoms with Crippen molar-refractivity contribution in [2.75, 3.05) is 6.54 Å². The molecular weight excluding hydrogens is 214 g/mol. The van der Waals surface area contributed by atoms with Crippen LogP contribution in [0.5, 0.6) is 0 Å². The van der Waals surface area contributed by atoms with Crippen molar-refractivity contribution in [3.63, 3.8) is 0 Å². The van der Waals surface area contributed by atoms with Gasteiger partial charge in [0.1, 0.15) is 6.10 Å². The third kappa shape index (κ3) is 3.06. The first kappa shape index (κ1) is 12.2. The maximum atomic E-state index is 11.2. The molecule has 8 nitrogen and oxygen atoms in total. The van der Waals surface area contributed by atoms with Crippen molar-refractivity contribution in [1.29, 1.82) is 0 Å². The van der Waals surface area contributed by atoms with Crippen molar-refractivity contribution in [2.45, 2.75) is 18.6 Å².